The minimum atomic E-state index is 0.619. The molecule has 0 saturated carbocycles. The molecule has 0 aromatic carbocycles. The van der Waals surface area contributed by atoms with Crippen LogP contribution in [0.2, 0.25) is 0 Å². The van der Waals surface area contributed by atoms with Gasteiger partial charge in [-0.25, -0.2) is 15.8 Å². The molecule has 0 aliphatic carbocycles. The number of hydrogen-bond acceptors (Lipinski definition) is 5. The third kappa shape index (κ3) is 4.96. The summed E-state index contributed by atoms with van der Waals surface area (Å²) in [5, 5.41) is 3.43. The van der Waals surface area contributed by atoms with Gasteiger partial charge in [-0.05, 0) is 24.2 Å². The maximum Gasteiger partial charge on any atom is 0.145 e. The van der Waals surface area contributed by atoms with Crippen LogP contribution in [-0.2, 0) is 6.42 Å². The van der Waals surface area contributed by atoms with Crippen LogP contribution in [0.3, 0.4) is 0 Å². The van der Waals surface area contributed by atoms with Crippen LogP contribution in [0.15, 0.2) is 6.07 Å². The van der Waals surface area contributed by atoms with E-state index in [-0.39, 0.29) is 0 Å². The van der Waals surface area contributed by atoms with Crippen molar-refractivity contribution in [2.24, 2.45) is 23.6 Å². The van der Waals surface area contributed by atoms with Crippen LogP contribution < -0.4 is 16.6 Å². The van der Waals surface area contributed by atoms with Gasteiger partial charge >= 0.3 is 0 Å². The molecule has 0 spiro atoms. The number of nitrogens with one attached hydrogen (secondary N) is 2. The van der Waals surface area contributed by atoms with Crippen LogP contribution in [-0.4, -0.2) is 16.5 Å². The van der Waals surface area contributed by atoms with Gasteiger partial charge in [-0.15, -0.1) is 0 Å². The molecule has 114 valence electrons. The van der Waals surface area contributed by atoms with Crippen molar-refractivity contribution < 1.29 is 0 Å². The average Bonchev–Trinajstić information content (AvgIpc) is 2.38. The molecule has 0 atom stereocenters. The van der Waals surface area contributed by atoms with Gasteiger partial charge in [-0.2, -0.15) is 0 Å². The van der Waals surface area contributed by atoms with E-state index in [4.69, 9.17) is 5.84 Å². The molecule has 1 aromatic heterocycles. The molecule has 5 heteroatoms. The van der Waals surface area contributed by atoms with Gasteiger partial charge in [0, 0.05) is 19.0 Å². The quantitative estimate of drug-likeness (QED) is 0.503. The van der Waals surface area contributed by atoms with E-state index in [1.165, 1.54) is 0 Å². The zero-order valence-electron chi connectivity index (χ0n) is 13.4. The standard InChI is InChI=1S/C15H29N5/c1-6-7-13-18-14(8-15(19-13)20-16)17-9-12(10(2)3)11(4)5/h8,10-12H,6-7,9,16H2,1-5H3,(H2,17,18,19,20). The predicted molar refractivity (Wildman–Crippen MR) is 85.5 cm³/mol. The van der Waals surface area contributed by atoms with Crippen LogP contribution in [0.1, 0.15) is 46.9 Å². The summed E-state index contributed by atoms with van der Waals surface area (Å²) in [5.74, 6) is 9.72. The van der Waals surface area contributed by atoms with Crippen molar-refractivity contribution in [3.8, 4) is 0 Å². The van der Waals surface area contributed by atoms with Crippen molar-refractivity contribution in [2.75, 3.05) is 17.3 Å². The van der Waals surface area contributed by atoms with Crippen molar-refractivity contribution >= 4 is 11.6 Å². The van der Waals surface area contributed by atoms with Gasteiger partial charge in [0.25, 0.3) is 0 Å². The number of hydrazine groups is 1. The number of aryl methyl sites for hydroxylation is 1. The molecule has 0 aliphatic heterocycles. The molecule has 0 unspecified atom stereocenters. The summed E-state index contributed by atoms with van der Waals surface area (Å²) in [6, 6.07) is 1.86. The first-order chi connectivity index (χ1) is 9.47. The van der Waals surface area contributed by atoms with E-state index in [9.17, 15) is 0 Å². The number of anilines is 2. The zero-order chi connectivity index (χ0) is 15.1. The monoisotopic (exact) mass is 279 g/mol. The number of nitrogens with zero attached hydrogens (tertiary/aromatic N) is 2. The van der Waals surface area contributed by atoms with Crippen LogP contribution in [0.5, 0.6) is 0 Å². The van der Waals surface area contributed by atoms with E-state index in [2.05, 4.69) is 55.3 Å². The van der Waals surface area contributed by atoms with Crippen molar-refractivity contribution in [2.45, 2.75) is 47.5 Å². The number of aromatic nitrogens is 2. The summed E-state index contributed by atoms with van der Waals surface area (Å²) >= 11 is 0. The first kappa shape index (κ1) is 16.7. The second kappa shape index (κ2) is 8.04. The first-order valence-corrected chi connectivity index (χ1v) is 7.56. The Morgan fingerprint density at radius 2 is 1.70 bits per heavy atom. The average molecular weight is 279 g/mol. The summed E-state index contributed by atoms with van der Waals surface area (Å²) in [7, 11) is 0. The van der Waals surface area contributed by atoms with E-state index in [0.29, 0.717) is 23.6 Å². The van der Waals surface area contributed by atoms with Crippen LogP contribution in [0.4, 0.5) is 11.6 Å². The molecule has 20 heavy (non-hydrogen) atoms. The number of nitrogens with two attached hydrogens (primary N) is 1. The second-order valence-electron chi connectivity index (χ2n) is 5.98. The lowest BCUT2D eigenvalue weighted by atomic mass is 9.85. The summed E-state index contributed by atoms with van der Waals surface area (Å²) in [6.45, 7) is 12.1. The molecule has 1 heterocycles. The molecule has 0 aliphatic rings. The van der Waals surface area contributed by atoms with E-state index in [1.807, 2.05) is 6.07 Å². The fourth-order valence-electron chi connectivity index (χ4n) is 2.46. The van der Waals surface area contributed by atoms with Gasteiger partial charge in [0.15, 0.2) is 0 Å². The summed E-state index contributed by atoms with van der Waals surface area (Å²) in [4.78, 5) is 8.90. The van der Waals surface area contributed by atoms with Crippen molar-refractivity contribution in [1.29, 1.82) is 0 Å². The van der Waals surface area contributed by atoms with Crippen molar-refractivity contribution in [3.05, 3.63) is 11.9 Å². The Kier molecular flexibility index (Phi) is 6.71. The number of rotatable bonds is 8. The van der Waals surface area contributed by atoms with Gasteiger partial charge in [0.05, 0.1) is 0 Å². The molecule has 1 aromatic rings. The topological polar surface area (TPSA) is 75.9 Å². The Hall–Kier alpha value is -1.36. The maximum atomic E-state index is 5.47. The molecule has 5 nitrogen and oxygen atoms in total. The summed E-state index contributed by atoms with van der Waals surface area (Å²) in [5.41, 5.74) is 2.61. The minimum Gasteiger partial charge on any atom is -0.370 e. The lowest BCUT2D eigenvalue weighted by Gasteiger charge is -2.25. The third-order valence-corrected chi connectivity index (χ3v) is 3.63. The fourth-order valence-corrected chi connectivity index (χ4v) is 2.46. The molecule has 1 rings (SSSR count). The largest absolute Gasteiger partial charge is 0.370 e. The van der Waals surface area contributed by atoms with Crippen molar-refractivity contribution in [3.63, 3.8) is 0 Å². The first-order valence-electron chi connectivity index (χ1n) is 7.56. The molecule has 0 radical (unpaired) electrons. The number of nitrogen functional groups attached to an aromatic ring is 1. The van der Waals surface area contributed by atoms with E-state index >= 15 is 0 Å². The van der Waals surface area contributed by atoms with Gasteiger partial charge in [0.1, 0.15) is 17.5 Å². The lowest BCUT2D eigenvalue weighted by molar-refractivity contribution is 0.304. The highest BCUT2D eigenvalue weighted by atomic mass is 15.3. The van der Waals surface area contributed by atoms with Crippen LogP contribution >= 0.6 is 0 Å². The highest BCUT2D eigenvalue weighted by Crippen LogP contribution is 2.21. The second-order valence-corrected chi connectivity index (χ2v) is 5.98. The Morgan fingerprint density at radius 1 is 1.10 bits per heavy atom. The Labute approximate surface area is 122 Å². The van der Waals surface area contributed by atoms with E-state index in [0.717, 1.165) is 31.0 Å². The van der Waals surface area contributed by atoms with Crippen LogP contribution in [0.25, 0.3) is 0 Å². The van der Waals surface area contributed by atoms with Gasteiger partial charge in [0.2, 0.25) is 0 Å². The molecule has 0 bridgehead atoms. The Balaban J connectivity index is 2.77. The predicted octanol–water partition coefficient (Wildman–Crippen LogP) is 3.05. The van der Waals surface area contributed by atoms with Gasteiger partial charge in [-0.1, -0.05) is 34.6 Å². The SMILES string of the molecule is CCCc1nc(NN)cc(NCC(C(C)C)C(C)C)n1. The van der Waals surface area contributed by atoms with Crippen LogP contribution in [0, 0.1) is 17.8 Å². The fraction of sp³-hybridized carbons (Fsp3) is 0.733. The molecule has 0 saturated heterocycles. The van der Waals surface area contributed by atoms with Crippen molar-refractivity contribution in [1.82, 2.24) is 9.97 Å². The summed E-state index contributed by atoms with van der Waals surface area (Å²) < 4.78 is 0. The van der Waals surface area contributed by atoms with E-state index in [1.54, 1.807) is 0 Å². The van der Waals surface area contributed by atoms with E-state index < -0.39 is 0 Å². The molecule has 0 amide bonds. The highest BCUT2D eigenvalue weighted by Gasteiger charge is 2.17. The molecule has 4 N–H and O–H groups in total. The molecule has 0 fully saturated rings. The van der Waals surface area contributed by atoms with Gasteiger partial charge in [-0.3, -0.25) is 0 Å². The zero-order valence-corrected chi connectivity index (χ0v) is 13.4. The smallest absolute Gasteiger partial charge is 0.145 e. The minimum absolute atomic E-state index is 0.619. The third-order valence-electron chi connectivity index (χ3n) is 3.63. The molecular formula is C15H29N5. The van der Waals surface area contributed by atoms with Gasteiger partial charge < -0.3 is 10.7 Å². The Bertz CT molecular complexity index is 395. The normalized spacial score (nSPS) is 11.4. The maximum absolute atomic E-state index is 5.47. The highest BCUT2D eigenvalue weighted by molar-refractivity contribution is 5.46. The molecular weight excluding hydrogens is 250 g/mol. The summed E-state index contributed by atoms with van der Waals surface area (Å²) in [6.07, 6.45) is 1.88. The lowest BCUT2D eigenvalue weighted by Crippen LogP contribution is -2.25. The Morgan fingerprint density at radius 3 is 2.20 bits per heavy atom. The number of hydrogen-bond donors (Lipinski definition) is 3.